The summed E-state index contributed by atoms with van der Waals surface area (Å²) in [7, 11) is -3.47. The lowest BCUT2D eigenvalue weighted by Gasteiger charge is -2.11. The van der Waals surface area contributed by atoms with Crippen LogP contribution in [0.4, 0.5) is 18.3 Å². The van der Waals surface area contributed by atoms with E-state index in [0.29, 0.717) is 21.8 Å². The molecule has 0 unspecified atom stereocenters. The Bertz CT molecular complexity index is 1640. The summed E-state index contributed by atoms with van der Waals surface area (Å²) >= 11 is 0.969. The molecule has 0 bridgehead atoms. The number of hydrogen-bond acceptors (Lipinski definition) is 8. The smallest absolute Gasteiger partial charge is 0.351 e. The second-order valence-electron chi connectivity index (χ2n) is 8.38. The van der Waals surface area contributed by atoms with Gasteiger partial charge in [0.05, 0.1) is 26.8 Å². The van der Waals surface area contributed by atoms with Crippen LogP contribution in [0.25, 0.3) is 15.9 Å². The third-order valence-corrected chi connectivity index (χ3v) is 7.32. The summed E-state index contributed by atoms with van der Waals surface area (Å²) in [6, 6.07) is 10.3. The van der Waals surface area contributed by atoms with Crippen LogP contribution < -0.4 is 16.4 Å². The number of carbonyl (C=O) groups excluding carboxylic acids is 2. The number of anilines is 1. The number of nitrogens with zero attached hydrogens (tertiary/aromatic N) is 3. The summed E-state index contributed by atoms with van der Waals surface area (Å²) < 4.78 is 65.4. The topological polar surface area (TPSA) is 149 Å². The first-order valence-corrected chi connectivity index (χ1v) is 13.6. The minimum atomic E-state index is -4.82. The van der Waals surface area contributed by atoms with Gasteiger partial charge >= 0.3 is 6.18 Å². The van der Waals surface area contributed by atoms with Gasteiger partial charge in [-0.15, -0.1) is 0 Å². The van der Waals surface area contributed by atoms with Crippen molar-refractivity contribution in [2.45, 2.75) is 30.6 Å². The highest BCUT2D eigenvalue weighted by Gasteiger charge is 2.36. The number of carbonyl (C=O) groups is 2. The first-order valence-electron chi connectivity index (χ1n) is 10.9. The molecule has 0 fully saturated rings. The Morgan fingerprint density at radius 1 is 1.16 bits per heavy atom. The van der Waals surface area contributed by atoms with Crippen LogP contribution in [0.15, 0.2) is 53.4 Å². The summed E-state index contributed by atoms with van der Waals surface area (Å²) in [5, 5.41) is 8.73. The van der Waals surface area contributed by atoms with Crippen LogP contribution in [0.2, 0.25) is 0 Å². The Balaban J connectivity index is 1.66. The summed E-state index contributed by atoms with van der Waals surface area (Å²) in [5.74, 6) is -1.32. The summed E-state index contributed by atoms with van der Waals surface area (Å²) in [4.78, 5) is 29.1. The largest absolute Gasteiger partial charge is 0.435 e. The molecule has 2 aromatic heterocycles. The third kappa shape index (κ3) is 6.00. The van der Waals surface area contributed by atoms with Gasteiger partial charge in [0.25, 0.3) is 5.91 Å². The lowest BCUT2D eigenvalue weighted by atomic mass is 10.2. The predicted octanol–water partition coefficient (Wildman–Crippen LogP) is 3.12. The predicted molar refractivity (Wildman–Crippen MR) is 135 cm³/mol. The Labute approximate surface area is 218 Å². The van der Waals surface area contributed by atoms with Gasteiger partial charge in [0.2, 0.25) is 5.91 Å². The van der Waals surface area contributed by atoms with E-state index in [9.17, 15) is 31.2 Å². The number of thiazole rings is 1. The van der Waals surface area contributed by atoms with E-state index in [1.54, 1.807) is 12.1 Å². The van der Waals surface area contributed by atoms with Gasteiger partial charge in [-0.25, -0.2) is 18.1 Å². The van der Waals surface area contributed by atoms with Gasteiger partial charge < -0.3 is 11.1 Å². The molecule has 200 valence electrons. The van der Waals surface area contributed by atoms with Gasteiger partial charge in [0.15, 0.2) is 20.7 Å². The van der Waals surface area contributed by atoms with Crippen molar-refractivity contribution in [3.8, 4) is 5.69 Å². The average Bonchev–Trinajstić information content (AvgIpc) is 3.46. The molecule has 2 heterocycles. The lowest BCUT2D eigenvalue weighted by molar-refractivity contribution is -0.141. The average molecular weight is 567 g/mol. The van der Waals surface area contributed by atoms with Gasteiger partial charge in [0, 0.05) is 18.9 Å². The zero-order valence-corrected chi connectivity index (χ0v) is 21.5. The van der Waals surface area contributed by atoms with Crippen LogP contribution >= 0.6 is 11.3 Å². The first-order chi connectivity index (χ1) is 17.7. The number of halogens is 3. The van der Waals surface area contributed by atoms with Crippen LogP contribution in [0.5, 0.6) is 0 Å². The van der Waals surface area contributed by atoms with Crippen molar-refractivity contribution < 1.29 is 31.2 Å². The van der Waals surface area contributed by atoms with Gasteiger partial charge in [-0.2, -0.15) is 18.3 Å². The minimum absolute atomic E-state index is 0.0596. The maximum absolute atomic E-state index is 13.5. The van der Waals surface area contributed by atoms with Gasteiger partial charge in [-0.05, 0) is 42.8 Å². The number of aromatic nitrogens is 3. The molecule has 0 aliphatic carbocycles. The van der Waals surface area contributed by atoms with Crippen molar-refractivity contribution in [3.05, 3.63) is 65.5 Å². The molecule has 2 amide bonds. The van der Waals surface area contributed by atoms with E-state index in [0.717, 1.165) is 22.3 Å². The Morgan fingerprint density at radius 2 is 1.89 bits per heavy atom. The first kappa shape index (κ1) is 27.2. The maximum Gasteiger partial charge on any atom is 0.435 e. The van der Waals surface area contributed by atoms with Gasteiger partial charge in [-0.1, -0.05) is 23.5 Å². The van der Waals surface area contributed by atoms with E-state index >= 15 is 0 Å². The highest BCUT2D eigenvalue weighted by atomic mass is 32.2. The molecule has 4 N–H and O–H groups in total. The molecule has 0 aliphatic heterocycles. The molecule has 2 aromatic carbocycles. The highest BCUT2D eigenvalue weighted by Crippen LogP contribution is 2.31. The molecule has 0 saturated heterocycles. The molecule has 1 atom stereocenters. The van der Waals surface area contributed by atoms with Crippen LogP contribution in [0.1, 0.15) is 28.7 Å². The van der Waals surface area contributed by atoms with E-state index in [4.69, 9.17) is 5.73 Å². The number of amides is 2. The molecule has 38 heavy (non-hydrogen) atoms. The molecule has 4 rings (SSSR count). The number of rotatable bonds is 7. The zero-order valence-electron chi connectivity index (χ0n) is 19.9. The SMILES string of the molecule is C[C@H](N)C(=O)NCc1cccc(-n2nc(C(F)(F)F)cc2C(=O)Nc2nc3ccc(S(C)(=O)=O)cc3s2)c1. The monoisotopic (exact) mass is 566 g/mol. The number of nitrogens with two attached hydrogens (primary N) is 1. The Morgan fingerprint density at radius 3 is 2.55 bits per heavy atom. The van der Waals surface area contributed by atoms with Crippen LogP contribution in [-0.2, 0) is 27.4 Å². The van der Waals surface area contributed by atoms with E-state index in [2.05, 4.69) is 20.7 Å². The van der Waals surface area contributed by atoms with Crippen LogP contribution in [0, 0.1) is 0 Å². The number of fused-ring (bicyclic) bond motifs is 1. The van der Waals surface area contributed by atoms with Gasteiger partial charge in [0.1, 0.15) is 5.69 Å². The molecule has 0 spiro atoms. The summed E-state index contributed by atoms with van der Waals surface area (Å²) in [6.07, 6.45) is -3.76. The summed E-state index contributed by atoms with van der Waals surface area (Å²) in [6.45, 7) is 1.57. The molecule has 10 nitrogen and oxygen atoms in total. The van der Waals surface area contributed by atoms with Crippen LogP contribution in [0.3, 0.4) is 0 Å². The lowest BCUT2D eigenvalue weighted by Crippen LogP contribution is -2.37. The van der Waals surface area contributed by atoms with Crippen molar-refractivity contribution >= 4 is 48.3 Å². The maximum atomic E-state index is 13.5. The standard InChI is InChI=1S/C23H21F3N6O4S2/c1-12(27)20(33)28-11-13-4-3-5-14(8-13)32-17(10-19(31-32)23(24,25)26)21(34)30-22-29-16-7-6-15(38(2,35)36)9-18(16)37-22/h3-10,12H,11,27H2,1-2H3,(H,28,33)(H,29,30,34)/t12-/m0/s1. The number of nitrogens with one attached hydrogen (secondary N) is 2. The van der Waals surface area contributed by atoms with Crippen molar-refractivity contribution in [1.29, 1.82) is 0 Å². The number of alkyl halides is 3. The van der Waals surface area contributed by atoms with Crippen molar-refractivity contribution in [2.24, 2.45) is 5.73 Å². The fourth-order valence-electron chi connectivity index (χ4n) is 3.38. The second-order valence-corrected chi connectivity index (χ2v) is 11.4. The number of sulfone groups is 1. The van der Waals surface area contributed by atoms with E-state index in [1.165, 1.54) is 37.3 Å². The normalized spacial score (nSPS) is 12.9. The van der Waals surface area contributed by atoms with E-state index < -0.39 is 45.3 Å². The third-order valence-electron chi connectivity index (χ3n) is 5.28. The molecular formula is C23H21F3N6O4S2. The quantitative estimate of drug-likeness (QED) is 0.311. The fourth-order valence-corrected chi connectivity index (χ4v) is 5.00. The van der Waals surface area contributed by atoms with E-state index in [1.807, 2.05) is 0 Å². The molecular weight excluding hydrogens is 545 g/mol. The second kappa shape index (κ2) is 10.2. The summed E-state index contributed by atoms with van der Waals surface area (Å²) in [5.41, 5.74) is 4.94. The molecule has 15 heteroatoms. The fraction of sp³-hybridized carbons (Fsp3) is 0.217. The number of benzene rings is 2. The van der Waals surface area contributed by atoms with Crippen molar-refractivity contribution in [2.75, 3.05) is 11.6 Å². The molecule has 0 radical (unpaired) electrons. The molecule has 4 aromatic rings. The Kier molecular flexibility index (Phi) is 7.27. The zero-order chi connectivity index (χ0) is 27.8. The van der Waals surface area contributed by atoms with Crippen LogP contribution in [-0.4, -0.2) is 47.3 Å². The van der Waals surface area contributed by atoms with Gasteiger partial charge in [-0.3, -0.25) is 14.9 Å². The van der Waals surface area contributed by atoms with E-state index in [-0.39, 0.29) is 22.3 Å². The minimum Gasteiger partial charge on any atom is -0.351 e. The van der Waals surface area contributed by atoms with Crippen molar-refractivity contribution in [3.63, 3.8) is 0 Å². The van der Waals surface area contributed by atoms with Crippen molar-refractivity contribution in [1.82, 2.24) is 20.1 Å². The number of hydrogen-bond donors (Lipinski definition) is 3. The Hall–Kier alpha value is -3.82. The molecule has 0 aliphatic rings. The highest BCUT2D eigenvalue weighted by molar-refractivity contribution is 7.90. The molecule has 0 saturated carbocycles.